The molecule has 0 bridgehead atoms. The van der Waals surface area contributed by atoms with Gasteiger partial charge in [-0.25, -0.2) is 9.18 Å². The van der Waals surface area contributed by atoms with E-state index in [1.54, 1.807) is 13.8 Å². The fourth-order valence-corrected chi connectivity index (χ4v) is 5.52. The van der Waals surface area contributed by atoms with Crippen molar-refractivity contribution in [2.45, 2.75) is 58.0 Å². The molecule has 3 atom stereocenters. The van der Waals surface area contributed by atoms with Crippen molar-refractivity contribution in [3.8, 4) is 0 Å². The Balaban J connectivity index is 1.86. The lowest BCUT2D eigenvalue weighted by Gasteiger charge is -2.38. The van der Waals surface area contributed by atoms with E-state index in [1.807, 2.05) is 0 Å². The molecule has 176 valence electrons. The standard InChI is InChI=1S/C25H27ClFNO5/c1-12-11-17-21(23(29)18(12)24(30)32-3)22(20-15(26)9-6-10-16(20)27)19(13(2)28-17)25(31)33-14-7-4-5-8-14/h6,9-10,12,14,18,22,28H,4-5,7-8,11H2,1-3H3/t12-,18+,22+/m1/s1. The highest BCUT2D eigenvalue weighted by Crippen LogP contribution is 2.47. The molecule has 0 radical (unpaired) electrons. The minimum absolute atomic E-state index is 0.0254. The van der Waals surface area contributed by atoms with Gasteiger partial charge in [0.15, 0.2) is 5.78 Å². The van der Waals surface area contributed by atoms with Gasteiger partial charge in [-0.15, -0.1) is 0 Å². The Morgan fingerprint density at radius 3 is 2.55 bits per heavy atom. The highest BCUT2D eigenvalue weighted by molar-refractivity contribution is 6.31. The first kappa shape index (κ1) is 23.5. The number of benzene rings is 1. The molecule has 6 nitrogen and oxygen atoms in total. The third-order valence-corrected chi connectivity index (χ3v) is 7.16. The van der Waals surface area contributed by atoms with Crippen LogP contribution in [-0.2, 0) is 23.9 Å². The van der Waals surface area contributed by atoms with Crippen molar-refractivity contribution in [1.29, 1.82) is 0 Å². The zero-order valence-electron chi connectivity index (χ0n) is 18.9. The second-order valence-electron chi connectivity index (χ2n) is 8.98. The average Bonchev–Trinajstić information content (AvgIpc) is 3.25. The molecular weight excluding hydrogens is 449 g/mol. The fraction of sp³-hybridized carbons (Fsp3) is 0.480. The minimum atomic E-state index is -1.09. The van der Waals surface area contributed by atoms with Gasteiger partial charge in [-0.3, -0.25) is 9.59 Å². The Morgan fingerprint density at radius 1 is 1.21 bits per heavy atom. The van der Waals surface area contributed by atoms with Crippen LogP contribution in [0.3, 0.4) is 0 Å². The number of ether oxygens (including phenoxy) is 2. The van der Waals surface area contributed by atoms with E-state index >= 15 is 4.39 Å². The molecule has 8 heteroatoms. The molecule has 3 aliphatic rings. The summed E-state index contributed by atoms with van der Waals surface area (Å²) in [5.74, 6) is -4.85. The fourth-order valence-electron chi connectivity index (χ4n) is 5.25. The summed E-state index contributed by atoms with van der Waals surface area (Å²) in [4.78, 5) is 39.5. The number of Topliss-reactive ketones (excluding diaryl/α,β-unsaturated/α-hetero) is 1. The molecule has 1 saturated carbocycles. The quantitative estimate of drug-likeness (QED) is 0.507. The summed E-state index contributed by atoms with van der Waals surface area (Å²) in [7, 11) is 1.23. The third kappa shape index (κ3) is 4.19. The molecule has 0 unspecified atom stereocenters. The van der Waals surface area contributed by atoms with Crippen LogP contribution in [0, 0.1) is 17.7 Å². The van der Waals surface area contributed by atoms with E-state index in [1.165, 1.54) is 25.3 Å². The van der Waals surface area contributed by atoms with Crippen LogP contribution in [0.25, 0.3) is 0 Å². The summed E-state index contributed by atoms with van der Waals surface area (Å²) >= 11 is 6.42. The van der Waals surface area contributed by atoms with E-state index < -0.39 is 35.4 Å². The number of methoxy groups -OCH3 is 1. The number of carbonyl (C=O) groups is 3. The van der Waals surface area contributed by atoms with Crippen molar-refractivity contribution >= 4 is 29.3 Å². The summed E-state index contributed by atoms with van der Waals surface area (Å²) in [6.45, 7) is 3.50. The Kier molecular flexibility index (Phi) is 6.61. The van der Waals surface area contributed by atoms with Gasteiger partial charge in [-0.05, 0) is 57.1 Å². The lowest BCUT2D eigenvalue weighted by Crippen LogP contribution is -2.43. The van der Waals surface area contributed by atoms with E-state index in [0.29, 0.717) is 17.8 Å². The number of ketones is 1. The monoisotopic (exact) mass is 475 g/mol. The van der Waals surface area contributed by atoms with Crippen molar-refractivity contribution < 1.29 is 28.2 Å². The molecule has 4 rings (SSSR count). The van der Waals surface area contributed by atoms with E-state index in [2.05, 4.69) is 5.32 Å². The molecular formula is C25H27ClFNO5. The number of dihydropyridines is 1. The van der Waals surface area contributed by atoms with Crippen molar-refractivity contribution in [2.24, 2.45) is 11.8 Å². The van der Waals surface area contributed by atoms with Gasteiger partial charge in [0, 0.05) is 27.6 Å². The maximum absolute atomic E-state index is 15.2. The summed E-state index contributed by atoms with van der Waals surface area (Å²) in [6.07, 6.45) is 3.64. The number of carbonyl (C=O) groups excluding carboxylic acids is 3. The van der Waals surface area contributed by atoms with E-state index in [4.69, 9.17) is 21.1 Å². The molecule has 1 aliphatic heterocycles. The van der Waals surface area contributed by atoms with Crippen LogP contribution in [0.1, 0.15) is 57.4 Å². The molecule has 1 aromatic carbocycles. The Bertz CT molecular complexity index is 1050. The maximum Gasteiger partial charge on any atom is 0.337 e. The molecule has 0 amide bonds. The van der Waals surface area contributed by atoms with Crippen LogP contribution < -0.4 is 5.32 Å². The first-order valence-corrected chi connectivity index (χ1v) is 11.6. The van der Waals surface area contributed by atoms with E-state index in [0.717, 1.165) is 25.7 Å². The summed E-state index contributed by atoms with van der Waals surface area (Å²) in [5.41, 5.74) is 1.38. The van der Waals surface area contributed by atoms with Gasteiger partial charge < -0.3 is 14.8 Å². The molecule has 0 aromatic heterocycles. The Morgan fingerprint density at radius 2 is 1.91 bits per heavy atom. The molecule has 1 fully saturated rings. The van der Waals surface area contributed by atoms with Crippen LogP contribution in [-0.4, -0.2) is 30.9 Å². The second kappa shape index (κ2) is 9.29. The van der Waals surface area contributed by atoms with Crippen LogP contribution in [0.2, 0.25) is 5.02 Å². The van der Waals surface area contributed by atoms with Crippen molar-refractivity contribution in [3.05, 3.63) is 57.1 Å². The predicted molar refractivity (Wildman–Crippen MR) is 120 cm³/mol. The largest absolute Gasteiger partial charge is 0.468 e. The van der Waals surface area contributed by atoms with Crippen LogP contribution in [0.15, 0.2) is 40.7 Å². The number of hydrogen-bond donors (Lipinski definition) is 1. The number of halogens is 2. The van der Waals surface area contributed by atoms with Crippen molar-refractivity contribution in [2.75, 3.05) is 7.11 Å². The summed E-state index contributed by atoms with van der Waals surface area (Å²) < 4.78 is 25.8. The molecule has 0 saturated heterocycles. The van der Waals surface area contributed by atoms with Gasteiger partial charge in [0.2, 0.25) is 0 Å². The summed E-state index contributed by atoms with van der Waals surface area (Å²) in [6, 6.07) is 4.23. The number of allylic oxidation sites excluding steroid dienone is 3. The molecule has 2 aliphatic carbocycles. The van der Waals surface area contributed by atoms with Crippen molar-refractivity contribution in [1.82, 2.24) is 5.32 Å². The van der Waals surface area contributed by atoms with Crippen LogP contribution in [0.4, 0.5) is 4.39 Å². The normalized spacial score (nSPS) is 25.6. The molecule has 1 heterocycles. The minimum Gasteiger partial charge on any atom is -0.468 e. The van der Waals surface area contributed by atoms with Gasteiger partial charge in [0.05, 0.1) is 18.6 Å². The smallest absolute Gasteiger partial charge is 0.337 e. The zero-order valence-corrected chi connectivity index (χ0v) is 19.6. The predicted octanol–water partition coefficient (Wildman–Crippen LogP) is 4.58. The molecule has 1 aromatic rings. The third-order valence-electron chi connectivity index (χ3n) is 6.83. The summed E-state index contributed by atoms with van der Waals surface area (Å²) in [5, 5.41) is 3.26. The lowest BCUT2D eigenvalue weighted by molar-refractivity contribution is -0.151. The van der Waals surface area contributed by atoms with Gasteiger partial charge in [0.1, 0.15) is 17.8 Å². The number of rotatable bonds is 4. The molecule has 33 heavy (non-hydrogen) atoms. The maximum atomic E-state index is 15.2. The van der Waals surface area contributed by atoms with E-state index in [-0.39, 0.29) is 33.8 Å². The van der Waals surface area contributed by atoms with E-state index in [9.17, 15) is 14.4 Å². The average molecular weight is 476 g/mol. The number of nitrogens with one attached hydrogen (secondary N) is 1. The topological polar surface area (TPSA) is 81.7 Å². The number of esters is 2. The first-order valence-electron chi connectivity index (χ1n) is 11.2. The lowest BCUT2D eigenvalue weighted by atomic mass is 9.69. The molecule has 1 N–H and O–H groups in total. The Labute approximate surface area is 197 Å². The van der Waals surface area contributed by atoms with Crippen LogP contribution in [0.5, 0.6) is 0 Å². The second-order valence-corrected chi connectivity index (χ2v) is 9.39. The number of hydrogen-bond acceptors (Lipinski definition) is 6. The van der Waals surface area contributed by atoms with Gasteiger partial charge >= 0.3 is 11.9 Å². The van der Waals surface area contributed by atoms with Gasteiger partial charge in [-0.2, -0.15) is 0 Å². The molecule has 0 spiro atoms. The van der Waals surface area contributed by atoms with Gasteiger partial charge in [-0.1, -0.05) is 24.6 Å². The van der Waals surface area contributed by atoms with Gasteiger partial charge in [0.25, 0.3) is 0 Å². The first-order chi connectivity index (χ1) is 15.7. The Hall–Kier alpha value is -2.67. The van der Waals surface area contributed by atoms with Crippen LogP contribution >= 0.6 is 11.6 Å². The highest BCUT2D eigenvalue weighted by atomic mass is 35.5. The zero-order chi connectivity index (χ0) is 23.9. The highest BCUT2D eigenvalue weighted by Gasteiger charge is 2.48. The van der Waals surface area contributed by atoms with Crippen molar-refractivity contribution in [3.63, 3.8) is 0 Å². The SMILES string of the molecule is COC(=O)[C@@H]1C(=O)C2=C(C[C@H]1C)NC(C)=C(C(=O)OC1CCCC1)[C@H]2c1c(F)cccc1Cl.